The molecule has 1 spiro atoms. The second-order valence-corrected chi connectivity index (χ2v) is 15.9. The van der Waals surface area contributed by atoms with Crippen molar-refractivity contribution in [3.8, 4) is 5.75 Å². The molecule has 0 radical (unpaired) electrons. The summed E-state index contributed by atoms with van der Waals surface area (Å²) in [5.74, 6) is 0.345. The largest absolute Gasteiger partial charge is 0.487 e. The lowest BCUT2D eigenvalue weighted by Gasteiger charge is -2.46. The van der Waals surface area contributed by atoms with E-state index in [0.717, 1.165) is 10.0 Å². The second kappa shape index (κ2) is 12.3. The number of amides is 2. The first-order chi connectivity index (χ1) is 20.9. The van der Waals surface area contributed by atoms with Gasteiger partial charge in [0.1, 0.15) is 16.9 Å². The van der Waals surface area contributed by atoms with E-state index in [9.17, 15) is 19.3 Å². The van der Waals surface area contributed by atoms with Crippen LogP contribution in [0.2, 0.25) is 0 Å². The first kappa shape index (κ1) is 33.4. The van der Waals surface area contributed by atoms with Crippen LogP contribution in [-0.4, -0.2) is 61.7 Å². The second-order valence-electron chi connectivity index (χ2n) is 13.5. The molecular weight excluding hydrogens is 667 g/mol. The minimum atomic E-state index is -3.98. The smallest absolute Gasteiger partial charge is 0.477 e. The minimum absolute atomic E-state index is 0.226. The van der Waals surface area contributed by atoms with Crippen molar-refractivity contribution >= 4 is 46.7 Å². The lowest BCUT2D eigenvalue weighted by atomic mass is 9.80. The molecule has 14 heteroatoms. The molecule has 5 rings (SSSR count). The molecule has 1 atom stereocenters. The molecule has 2 aliphatic heterocycles. The predicted molar refractivity (Wildman–Crippen MR) is 171 cm³/mol. The zero-order valence-electron chi connectivity index (χ0n) is 26.3. The van der Waals surface area contributed by atoms with Gasteiger partial charge in [0.15, 0.2) is 6.73 Å². The van der Waals surface area contributed by atoms with Crippen LogP contribution in [0.15, 0.2) is 47.1 Å². The van der Waals surface area contributed by atoms with Crippen molar-refractivity contribution in [1.29, 1.82) is 0 Å². The molecule has 2 aromatic carbocycles. The zero-order valence-corrected chi connectivity index (χ0v) is 28.8. The number of carbonyl (C=O) groups excluding carboxylic acids is 1. The molecule has 2 N–H and O–H groups in total. The Kier molecular flexibility index (Phi) is 9.16. The van der Waals surface area contributed by atoms with E-state index in [-0.39, 0.29) is 18.7 Å². The number of nitrogens with one attached hydrogen (secondary N) is 1. The molecule has 45 heavy (non-hydrogen) atoms. The fourth-order valence-electron chi connectivity index (χ4n) is 5.63. The maximum Gasteiger partial charge on any atom is 0.477 e. The minimum Gasteiger partial charge on any atom is -0.487 e. The van der Waals surface area contributed by atoms with Crippen LogP contribution in [0.4, 0.5) is 4.79 Å². The predicted octanol–water partition coefficient (Wildman–Crippen LogP) is 7.28. The highest BCUT2D eigenvalue weighted by atomic mass is 79.9. The molecule has 0 unspecified atom stereocenters. The average Bonchev–Trinajstić information content (AvgIpc) is 3.34. The molecule has 12 nitrogen and oxygen atoms in total. The molecule has 2 amide bonds. The number of likely N-dealkylation sites (tertiary alicyclic amines) is 1. The Labute approximate surface area is 271 Å². The number of rotatable bonds is 7. The molecule has 1 saturated heterocycles. The first-order valence-corrected chi connectivity index (χ1v) is 17.1. The number of benzene rings is 2. The fourth-order valence-corrected chi connectivity index (χ4v) is 7.76. The van der Waals surface area contributed by atoms with E-state index in [2.05, 4.69) is 26.3 Å². The summed E-state index contributed by atoms with van der Waals surface area (Å²) >= 11 is 3.53. The number of aromatic nitrogens is 2. The van der Waals surface area contributed by atoms with Gasteiger partial charge in [-0.3, -0.25) is 18.4 Å². The highest BCUT2D eigenvalue weighted by Crippen LogP contribution is 2.55. The van der Waals surface area contributed by atoms with E-state index in [1.165, 1.54) is 9.58 Å². The van der Waals surface area contributed by atoms with Crippen molar-refractivity contribution in [2.75, 3.05) is 13.1 Å². The first-order valence-electron chi connectivity index (χ1n) is 14.8. The summed E-state index contributed by atoms with van der Waals surface area (Å²) in [6, 6.07) is 10.6. The summed E-state index contributed by atoms with van der Waals surface area (Å²) in [4.78, 5) is 26.8. The van der Waals surface area contributed by atoms with Crippen LogP contribution >= 0.6 is 23.8 Å². The molecule has 2 aliphatic rings. The summed E-state index contributed by atoms with van der Waals surface area (Å²) in [5, 5.41) is 17.9. The van der Waals surface area contributed by atoms with Gasteiger partial charge in [-0.1, -0.05) is 28.1 Å². The third-order valence-corrected chi connectivity index (χ3v) is 9.92. The molecule has 244 valence electrons. The summed E-state index contributed by atoms with van der Waals surface area (Å²) in [6.07, 6.45) is 2.28. The van der Waals surface area contributed by atoms with Crippen LogP contribution in [-0.2, 0) is 24.9 Å². The van der Waals surface area contributed by atoms with Crippen molar-refractivity contribution in [3.05, 3.63) is 58.2 Å². The Morgan fingerprint density at radius 1 is 1.11 bits per heavy atom. The van der Waals surface area contributed by atoms with E-state index in [4.69, 9.17) is 18.3 Å². The average molecular weight is 708 g/mol. The molecule has 3 heterocycles. The standard InChI is InChI=1S/C31H40BrN4O8P/c1-29(2,3)43-45(40,44-30(4,5)6)41-19-36-18-20-8-7-9-22(26(20)34-36)27(37)33-24-17-31(12-14-35(15-13-31)28(38)39)42-25-11-10-21(32)16-23(24)25/h7-11,16,18,24H,12-15,17,19H2,1-6H3,(H,33,37)(H,38,39)/t24-/m0/s1. The maximum atomic E-state index is 13.9. The molecule has 0 saturated carbocycles. The topological polar surface area (TPSA) is 141 Å². The Morgan fingerprint density at radius 2 is 1.78 bits per heavy atom. The molecule has 0 bridgehead atoms. The Hall–Kier alpha value is -2.96. The normalized spacial score (nSPS) is 18.5. The number of hydrogen-bond acceptors (Lipinski definition) is 8. The number of carbonyl (C=O) groups is 2. The fraction of sp³-hybridized carbons (Fsp3) is 0.516. The molecular formula is C31H40BrN4O8P. The van der Waals surface area contributed by atoms with Gasteiger partial charge in [0.2, 0.25) is 0 Å². The van der Waals surface area contributed by atoms with Crippen LogP contribution < -0.4 is 10.1 Å². The summed E-state index contributed by atoms with van der Waals surface area (Å²) in [6.45, 7) is 11.1. The zero-order chi connectivity index (χ0) is 32.8. The van der Waals surface area contributed by atoms with Gasteiger partial charge in [-0.25, -0.2) is 14.0 Å². The number of ether oxygens (including phenoxy) is 1. The van der Waals surface area contributed by atoms with Gasteiger partial charge in [-0.15, -0.1) is 0 Å². The lowest BCUT2D eigenvalue weighted by Crippen LogP contribution is -2.53. The number of fused-ring (bicyclic) bond motifs is 2. The van der Waals surface area contributed by atoms with Crippen LogP contribution in [0.3, 0.4) is 0 Å². The van der Waals surface area contributed by atoms with Gasteiger partial charge >= 0.3 is 13.9 Å². The van der Waals surface area contributed by atoms with Crippen molar-refractivity contribution < 1.29 is 37.6 Å². The number of piperidine rings is 1. The monoisotopic (exact) mass is 706 g/mol. The summed E-state index contributed by atoms with van der Waals surface area (Å²) in [5.41, 5.74) is -0.523. The van der Waals surface area contributed by atoms with Gasteiger partial charge < -0.3 is 20.1 Å². The number of phosphoric acid groups is 1. The maximum absolute atomic E-state index is 13.9. The van der Waals surface area contributed by atoms with Crippen LogP contribution in [0.25, 0.3) is 10.9 Å². The number of phosphoric ester groups is 1. The molecule has 1 fully saturated rings. The summed E-state index contributed by atoms with van der Waals surface area (Å²) < 4.78 is 39.4. The van der Waals surface area contributed by atoms with Crippen LogP contribution in [0, 0.1) is 0 Å². The van der Waals surface area contributed by atoms with Crippen molar-refractivity contribution in [1.82, 2.24) is 20.0 Å². The third-order valence-electron chi connectivity index (χ3n) is 7.45. The Morgan fingerprint density at radius 3 is 2.40 bits per heavy atom. The van der Waals surface area contributed by atoms with Crippen LogP contribution in [0.5, 0.6) is 5.75 Å². The quantitative estimate of drug-likeness (QED) is 0.243. The number of halogens is 1. The number of hydrogen-bond donors (Lipinski definition) is 2. The Bertz CT molecular complexity index is 1620. The highest BCUT2D eigenvalue weighted by molar-refractivity contribution is 9.10. The van der Waals surface area contributed by atoms with E-state index >= 15 is 0 Å². The van der Waals surface area contributed by atoms with Gasteiger partial charge in [-0.05, 0) is 65.8 Å². The van der Waals surface area contributed by atoms with Crippen molar-refractivity contribution in [2.45, 2.75) is 90.4 Å². The lowest BCUT2D eigenvalue weighted by molar-refractivity contribution is -0.0206. The van der Waals surface area contributed by atoms with E-state index in [1.807, 2.05) is 24.3 Å². The van der Waals surface area contributed by atoms with Crippen molar-refractivity contribution in [2.24, 2.45) is 0 Å². The molecule has 0 aliphatic carbocycles. The SMILES string of the molecule is CC(C)(C)OP(=O)(OCn1cc2cccc(C(=O)N[C@H]3CC4(CCN(C(=O)O)CC4)Oc4ccc(Br)cc43)c2n1)OC(C)(C)C. The van der Waals surface area contributed by atoms with Gasteiger partial charge in [-0.2, -0.15) is 5.10 Å². The van der Waals surface area contributed by atoms with Crippen LogP contribution in [0.1, 0.15) is 82.8 Å². The van der Waals surface area contributed by atoms with E-state index in [0.29, 0.717) is 54.6 Å². The van der Waals surface area contributed by atoms with Gasteiger partial charge in [0.05, 0.1) is 22.8 Å². The van der Waals surface area contributed by atoms with E-state index < -0.39 is 30.7 Å². The third kappa shape index (κ3) is 8.07. The highest BCUT2D eigenvalue weighted by Gasteiger charge is 2.45. The Balaban J connectivity index is 1.37. The molecule has 1 aromatic heterocycles. The summed E-state index contributed by atoms with van der Waals surface area (Å²) in [7, 11) is -3.98. The van der Waals surface area contributed by atoms with Gasteiger partial charge in [0, 0.05) is 54.0 Å². The van der Waals surface area contributed by atoms with Crippen molar-refractivity contribution in [3.63, 3.8) is 0 Å². The number of carboxylic acid groups (broad SMARTS) is 1. The van der Waals surface area contributed by atoms with E-state index in [1.54, 1.807) is 59.9 Å². The number of nitrogens with zero attached hydrogens (tertiary/aromatic N) is 3. The molecule has 3 aromatic rings. The van der Waals surface area contributed by atoms with Gasteiger partial charge in [0.25, 0.3) is 5.91 Å².